The number of Topliss-reactive ketones (excluding diaryl/α,β-unsaturated/α-hetero) is 1. The van der Waals surface area contributed by atoms with Crippen molar-refractivity contribution in [2.24, 2.45) is 0 Å². The molecular formula is C26H26N2O3. The van der Waals surface area contributed by atoms with E-state index in [1.165, 1.54) is 0 Å². The molecule has 0 radical (unpaired) electrons. The van der Waals surface area contributed by atoms with Crippen molar-refractivity contribution in [3.63, 3.8) is 0 Å². The molecule has 0 unspecified atom stereocenters. The third-order valence-electron chi connectivity index (χ3n) is 5.49. The lowest BCUT2D eigenvalue weighted by Gasteiger charge is -2.27. The van der Waals surface area contributed by atoms with E-state index < -0.39 is 0 Å². The van der Waals surface area contributed by atoms with E-state index in [9.17, 15) is 9.59 Å². The monoisotopic (exact) mass is 414 g/mol. The van der Waals surface area contributed by atoms with Crippen LogP contribution in [0.4, 0.5) is 0 Å². The third kappa shape index (κ3) is 5.37. The molecule has 0 atom stereocenters. The van der Waals surface area contributed by atoms with Crippen LogP contribution in [-0.4, -0.2) is 34.7 Å². The molecule has 4 rings (SSSR count). The van der Waals surface area contributed by atoms with Crippen LogP contribution in [0.25, 0.3) is 0 Å². The van der Waals surface area contributed by atoms with Gasteiger partial charge in [-0.2, -0.15) is 0 Å². The number of aromatic nitrogens is 1. The van der Waals surface area contributed by atoms with Crippen molar-refractivity contribution in [1.82, 2.24) is 9.88 Å². The predicted octanol–water partition coefficient (Wildman–Crippen LogP) is 4.71. The van der Waals surface area contributed by atoms with Crippen LogP contribution in [0, 0.1) is 0 Å². The fourth-order valence-corrected chi connectivity index (χ4v) is 3.80. The smallest absolute Gasteiger partial charge is 0.253 e. The highest BCUT2D eigenvalue weighted by molar-refractivity contribution is 6.03. The molecule has 1 saturated heterocycles. The van der Waals surface area contributed by atoms with E-state index >= 15 is 0 Å². The zero-order valence-electron chi connectivity index (χ0n) is 17.5. The number of ketones is 1. The highest BCUT2D eigenvalue weighted by atomic mass is 16.5. The van der Waals surface area contributed by atoms with Gasteiger partial charge in [-0.05, 0) is 54.7 Å². The molecule has 0 saturated carbocycles. The quantitative estimate of drug-likeness (QED) is 0.525. The summed E-state index contributed by atoms with van der Waals surface area (Å²) in [4.78, 5) is 32.1. The summed E-state index contributed by atoms with van der Waals surface area (Å²) in [5.41, 5.74) is 2.81. The Bertz CT molecular complexity index is 1030. The fraction of sp³-hybridized carbons (Fsp3) is 0.269. The second kappa shape index (κ2) is 10.0. The van der Waals surface area contributed by atoms with Crippen LogP contribution in [0.2, 0.25) is 0 Å². The topological polar surface area (TPSA) is 59.5 Å². The molecule has 5 nitrogen and oxygen atoms in total. The molecule has 1 fully saturated rings. The maximum atomic E-state index is 13.2. The molecule has 0 N–H and O–H groups in total. The molecule has 31 heavy (non-hydrogen) atoms. The Morgan fingerprint density at radius 2 is 1.68 bits per heavy atom. The number of amides is 1. The van der Waals surface area contributed by atoms with E-state index in [0.29, 0.717) is 23.5 Å². The van der Waals surface area contributed by atoms with Gasteiger partial charge in [-0.3, -0.25) is 14.6 Å². The molecule has 0 bridgehead atoms. The molecule has 1 aliphatic heterocycles. The van der Waals surface area contributed by atoms with Gasteiger partial charge >= 0.3 is 0 Å². The van der Waals surface area contributed by atoms with E-state index in [1.807, 2.05) is 47.4 Å². The van der Waals surface area contributed by atoms with Crippen LogP contribution in [0.1, 0.15) is 51.1 Å². The summed E-state index contributed by atoms with van der Waals surface area (Å²) in [6, 6.07) is 18.7. The van der Waals surface area contributed by atoms with Crippen LogP contribution < -0.4 is 4.74 Å². The number of rotatable bonds is 7. The predicted molar refractivity (Wildman–Crippen MR) is 119 cm³/mol. The normalized spacial score (nSPS) is 13.6. The Balaban J connectivity index is 1.59. The number of benzene rings is 2. The van der Waals surface area contributed by atoms with Crippen LogP contribution in [0.3, 0.4) is 0 Å². The van der Waals surface area contributed by atoms with Crippen LogP contribution >= 0.6 is 0 Å². The first kappa shape index (κ1) is 20.8. The van der Waals surface area contributed by atoms with Crippen LogP contribution in [0.15, 0.2) is 73.1 Å². The summed E-state index contributed by atoms with van der Waals surface area (Å²) in [5, 5.41) is 0. The Morgan fingerprint density at radius 3 is 2.42 bits per heavy atom. The molecular weight excluding hydrogens is 388 g/mol. The molecule has 1 aliphatic rings. The minimum Gasteiger partial charge on any atom is -0.488 e. The first-order chi connectivity index (χ1) is 15.2. The van der Waals surface area contributed by atoms with Gasteiger partial charge in [-0.1, -0.05) is 36.4 Å². The van der Waals surface area contributed by atoms with Gasteiger partial charge in [-0.15, -0.1) is 0 Å². The largest absolute Gasteiger partial charge is 0.488 e. The first-order valence-electron chi connectivity index (χ1n) is 10.7. The number of nitrogens with zero attached hydrogens (tertiary/aromatic N) is 2. The van der Waals surface area contributed by atoms with Crippen molar-refractivity contribution in [1.29, 1.82) is 0 Å². The lowest BCUT2D eigenvalue weighted by Crippen LogP contribution is -2.35. The van der Waals surface area contributed by atoms with Gasteiger partial charge in [0.15, 0.2) is 5.78 Å². The molecule has 5 heteroatoms. The molecule has 1 aromatic heterocycles. The molecule has 0 spiro atoms. The number of pyridine rings is 1. The number of carbonyl (C=O) groups excluding carboxylic acids is 2. The van der Waals surface area contributed by atoms with Gasteiger partial charge < -0.3 is 9.64 Å². The highest BCUT2D eigenvalue weighted by Crippen LogP contribution is 2.25. The maximum Gasteiger partial charge on any atom is 0.253 e. The molecule has 1 amide bonds. The Hall–Kier alpha value is -3.47. The minimum absolute atomic E-state index is 0.0234. The standard InChI is InChI=1S/C26H26N2O3/c29-24(16-21-10-7-13-27-18-21)23-17-22(26(30)28-14-5-2-6-15-28)11-12-25(23)31-19-20-8-3-1-4-9-20/h1,3-4,7-13,17-18H,2,5-6,14-16,19H2. The SMILES string of the molecule is O=C(Cc1cccnc1)c1cc(C(=O)N2CCCCC2)ccc1OCc1ccccc1. The molecule has 3 aromatic rings. The first-order valence-corrected chi connectivity index (χ1v) is 10.7. The van der Waals surface area contributed by atoms with Gasteiger partial charge in [0.25, 0.3) is 5.91 Å². The number of ether oxygens (including phenoxy) is 1. The van der Waals surface area contributed by atoms with Gasteiger partial charge in [0, 0.05) is 37.5 Å². The van der Waals surface area contributed by atoms with Crippen molar-refractivity contribution >= 4 is 11.7 Å². The minimum atomic E-state index is -0.0932. The van der Waals surface area contributed by atoms with Gasteiger partial charge in [-0.25, -0.2) is 0 Å². The fourth-order valence-electron chi connectivity index (χ4n) is 3.80. The van der Waals surface area contributed by atoms with Crippen molar-refractivity contribution in [2.75, 3.05) is 13.1 Å². The summed E-state index contributed by atoms with van der Waals surface area (Å²) in [7, 11) is 0. The van der Waals surface area contributed by atoms with Gasteiger partial charge in [0.05, 0.1) is 5.56 Å². The van der Waals surface area contributed by atoms with E-state index in [-0.39, 0.29) is 18.1 Å². The van der Waals surface area contributed by atoms with Crippen LogP contribution in [0.5, 0.6) is 5.75 Å². The average Bonchev–Trinajstić information content (AvgIpc) is 2.84. The number of piperidine rings is 1. The van der Waals surface area contributed by atoms with Gasteiger partial charge in [0.1, 0.15) is 12.4 Å². The Kier molecular flexibility index (Phi) is 6.72. The van der Waals surface area contributed by atoms with Crippen molar-refractivity contribution in [2.45, 2.75) is 32.3 Å². The van der Waals surface area contributed by atoms with Gasteiger partial charge in [0.2, 0.25) is 0 Å². The maximum absolute atomic E-state index is 13.2. The molecule has 0 aliphatic carbocycles. The zero-order valence-corrected chi connectivity index (χ0v) is 17.5. The number of carbonyl (C=O) groups is 2. The third-order valence-corrected chi connectivity index (χ3v) is 5.49. The summed E-state index contributed by atoms with van der Waals surface area (Å²) >= 11 is 0. The molecule has 158 valence electrons. The lowest BCUT2D eigenvalue weighted by atomic mass is 10.00. The summed E-state index contributed by atoms with van der Waals surface area (Å²) in [6.45, 7) is 1.89. The second-order valence-electron chi connectivity index (χ2n) is 7.80. The van der Waals surface area contributed by atoms with E-state index in [4.69, 9.17) is 4.74 Å². The Morgan fingerprint density at radius 1 is 0.903 bits per heavy atom. The number of likely N-dealkylation sites (tertiary alicyclic amines) is 1. The summed E-state index contributed by atoms with van der Waals surface area (Å²) in [5.74, 6) is 0.377. The van der Waals surface area contributed by atoms with Crippen molar-refractivity contribution in [3.05, 3.63) is 95.3 Å². The summed E-state index contributed by atoms with van der Waals surface area (Å²) < 4.78 is 6.00. The highest BCUT2D eigenvalue weighted by Gasteiger charge is 2.21. The van der Waals surface area contributed by atoms with E-state index in [0.717, 1.165) is 43.5 Å². The van der Waals surface area contributed by atoms with E-state index in [2.05, 4.69) is 4.98 Å². The van der Waals surface area contributed by atoms with Crippen molar-refractivity contribution < 1.29 is 14.3 Å². The van der Waals surface area contributed by atoms with Crippen molar-refractivity contribution in [3.8, 4) is 5.75 Å². The average molecular weight is 415 g/mol. The summed E-state index contributed by atoms with van der Waals surface area (Å²) in [6.07, 6.45) is 6.78. The van der Waals surface area contributed by atoms with E-state index in [1.54, 1.807) is 30.6 Å². The molecule has 2 heterocycles. The lowest BCUT2D eigenvalue weighted by molar-refractivity contribution is 0.0724. The number of hydrogen-bond donors (Lipinski definition) is 0. The zero-order chi connectivity index (χ0) is 21.5. The Labute approximate surface area is 182 Å². The second-order valence-corrected chi connectivity index (χ2v) is 7.80. The molecule has 2 aromatic carbocycles. The van der Waals surface area contributed by atoms with Crippen LogP contribution in [-0.2, 0) is 13.0 Å². The number of hydrogen-bond acceptors (Lipinski definition) is 4.